The Kier molecular flexibility index (Phi) is 6.06. The fourth-order valence-electron chi connectivity index (χ4n) is 3.98. The number of piperidine rings is 1. The minimum absolute atomic E-state index is 0.0632. The van der Waals surface area contributed by atoms with E-state index in [0.29, 0.717) is 18.4 Å². The van der Waals surface area contributed by atoms with Gasteiger partial charge in [-0.15, -0.1) is 0 Å². The summed E-state index contributed by atoms with van der Waals surface area (Å²) in [5.41, 5.74) is 0.0632. The molecule has 0 unspecified atom stereocenters. The molecule has 1 saturated carbocycles. The molecule has 1 aliphatic carbocycles. The van der Waals surface area contributed by atoms with Gasteiger partial charge in [-0.1, -0.05) is 26.2 Å². The summed E-state index contributed by atoms with van der Waals surface area (Å²) in [5.74, 6) is 0.334. The Bertz CT molecular complexity index is 331. The Hall–Kier alpha value is -0.610. The van der Waals surface area contributed by atoms with E-state index in [0.717, 1.165) is 45.3 Å². The molecule has 0 aromatic heterocycles. The van der Waals surface area contributed by atoms with E-state index in [2.05, 4.69) is 17.1 Å². The van der Waals surface area contributed by atoms with Crippen LogP contribution in [-0.2, 0) is 4.79 Å². The van der Waals surface area contributed by atoms with Gasteiger partial charge in [0.05, 0.1) is 0 Å². The minimum atomic E-state index is 0.0632. The number of rotatable bonds is 5. The Morgan fingerprint density at radius 2 is 1.86 bits per heavy atom. The maximum atomic E-state index is 12.7. The molecule has 1 heterocycles. The van der Waals surface area contributed by atoms with Gasteiger partial charge in [0.1, 0.15) is 0 Å². The third kappa shape index (κ3) is 4.19. The van der Waals surface area contributed by atoms with Crippen molar-refractivity contribution in [3.8, 4) is 0 Å². The summed E-state index contributed by atoms with van der Waals surface area (Å²) in [4.78, 5) is 17.2. The Morgan fingerprint density at radius 3 is 2.38 bits per heavy atom. The van der Waals surface area contributed by atoms with Crippen LogP contribution in [0.25, 0.3) is 0 Å². The lowest BCUT2D eigenvalue weighted by Gasteiger charge is -2.40. The predicted octanol–water partition coefficient (Wildman–Crippen LogP) is 2.24. The highest BCUT2D eigenvalue weighted by molar-refractivity contribution is 5.77. The highest BCUT2D eigenvalue weighted by Gasteiger charge is 2.35. The molecule has 0 atom stereocenters. The summed E-state index contributed by atoms with van der Waals surface area (Å²) < 4.78 is 0. The first-order valence-corrected chi connectivity index (χ1v) is 8.77. The van der Waals surface area contributed by atoms with Crippen LogP contribution in [0.1, 0.15) is 58.3 Å². The number of amides is 1. The molecular formula is C17H33N3O. The van der Waals surface area contributed by atoms with Gasteiger partial charge >= 0.3 is 0 Å². The Morgan fingerprint density at radius 1 is 1.24 bits per heavy atom. The highest BCUT2D eigenvalue weighted by Crippen LogP contribution is 2.31. The molecule has 2 aliphatic rings. The van der Waals surface area contributed by atoms with Crippen molar-refractivity contribution in [1.29, 1.82) is 0 Å². The van der Waals surface area contributed by atoms with Crippen molar-refractivity contribution in [2.24, 2.45) is 0 Å². The second-order valence-electron chi connectivity index (χ2n) is 6.94. The molecule has 0 spiro atoms. The molecule has 2 rings (SSSR count). The molecule has 1 N–H and O–H groups in total. The average molecular weight is 295 g/mol. The van der Waals surface area contributed by atoms with E-state index in [1.54, 1.807) is 0 Å². The van der Waals surface area contributed by atoms with Crippen molar-refractivity contribution in [2.45, 2.75) is 69.9 Å². The van der Waals surface area contributed by atoms with Gasteiger partial charge in [0.25, 0.3) is 0 Å². The van der Waals surface area contributed by atoms with E-state index < -0.39 is 0 Å². The first-order valence-electron chi connectivity index (χ1n) is 8.77. The van der Waals surface area contributed by atoms with Crippen LogP contribution in [0.3, 0.4) is 0 Å². The molecule has 0 aromatic carbocycles. The van der Waals surface area contributed by atoms with Crippen LogP contribution in [0.15, 0.2) is 0 Å². The van der Waals surface area contributed by atoms with Gasteiger partial charge in [-0.3, -0.25) is 4.79 Å². The maximum Gasteiger partial charge on any atom is 0.224 e. The zero-order valence-corrected chi connectivity index (χ0v) is 14.2. The number of nitrogens with zero attached hydrogens (tertiary/aromatic N) is 2. The van der Waals surface area contributed by atoms with Gasteiger partial charge in [-0.2, -0.15) is 0 Å². The number of hydrogen-bond donors (Lipinski definition) is 1. The van der Waals surface area contributed by atoms with E-state index >= 15 is 0 Å². The molecule has 1 aliphatic heterocycles. The van der Waals surface area contributed by atoms with E-state index in [4.69, 9.17) is 0 Å². The number of carbonyl (C=O) groups excluding carboxylic acids is 1. The topological polar surface area (TPSA) is 35.6 Å². The van der Waals surface area contributed by atoms with Gasteiger partial charge in [-0.05, 0) is 39.3 Å². The molecule has 2 fully saturated rings. The summed E-state index contributed by atoms with van der Waals surface area (Å²) in [6, 6.07) is 0.442. The molecule has 122 valence electrons. The lowest BCUT2D eigenvalue weighted by molar-refractivity contribution is -0.134. The largest absolute Gasteiger partial charge is 0.343 e. The quantitative estimate of drug-likeness (QED) is 0.845. The molecule has 1 amide bonds. The monoisotopic (exact) mass is 295 g/mol. The number of hydrogen-bond acceptors (Lipinski definition) is 3. The van der Waals surface area contributed by atoms with Crippen molar-refractivity contribution >= 4 is 5.91 Å². The van der Waals surface area contributed by atoms with Crippen LogP contribution in [0, 0.1) is 0 Å². The van der Waals surface area contributed by atoms with Crippen LogP contribution < -0.4 is 5.32 Å². The van der Waals surface area contributed by atoms with E-state index in [-0.39, 0.29) is 5.54 Å². The van der Waals surface area contributed by atoms with Gasteiger partial charge in [0.2, 0.25) is 5.91 Å². The molecule has 4 heteroatoms. The summed E-state index contributed by atoms with van der Waals surface area (Å²) in [6.45, 7) is 5.62. The molecule has 0 aromatic rings. The van der Waals surface area contributed by atoms with Crippen molar-refractivity contribution in [3.63, 3.8) is 0 Å². The fraction of sp³-hybridized carbons (Fsp3) is 0.941. The van der Waals surface area contributed by atoms with Crippen molar-refractivity contribution < 1.29 is 4.79 Å². The number of carbonyl (C=O) groups is 1. The lowest BCUT2D eigenvalue weighted by Crippen LogP contribution is -2.51. The third-order valence-electron chi connectivity index (χ3n) is 5.78. The molecule has 0 radical (unpaired) electrons. The van der Waals surface area contributed by atoms with Crippen LogP contribution in [0.2, 0.25) is 0 Å². The zero-order chi connectivity index (χ0) is 15.3. The molecule has 0 bridgehead atoms. The van der Waals surface area contributed by atoms with Crippen LogP contribution in [0.4, 0.5) is 0 Å². The van der Waals surface area contributed by atoms with Crippen LogP contribution >= 0.6 is 0 Å². The summed E-state index contributed by atoms with van der Waals surface area (Å²) in [6.07, 6.45) is 9.07. The summed E-state index contributed by atoms with van der Waals surface area (Å²) in [5, 5.41) is 3.47. The Labute approximate surface area is 130 Å². The first kappa shape index (κ1) is 16.8. The highest BCUT2D eigenvalue weighted by atomic mass is 16.2. The molecule has 21 heavy (non-hydrogen) atoms. The van der Waals surface area contributed by atoms with E-state index in [1.165, 1.54) is 19.3 Å². The molecular weight excluding hydrogens is 262 g/mol. The number of nitrogens with one attached hydrogen (secondary N) is 1. The molecule has 1 saturated heterocycles. The zero-order valence-electron chi connectivity index (χ0n) is 14.2. The first-order chi connectivity index (χ1) is 10.1. The predicted molar refractivity (Wildman–Crippen MR) is 87.4 cm³/mol. The second-order valence-corrected chi connectivity index (χ2v) is 6.94. The van der Waals surface area contributed by atoms with Crippen molar-refractivity contribution in [3.05, 3.63) is 0 Å². The van der Waals surface area contributed by atoms with Gasteiger partial charge in [0, 0.05) is 38.1 Å². The van der Waals surface area contributed by atoms with Crippen molar-refractivity contribution in [2.75, 3.05) is 33.7 Å². The number of likely N-dealkylation sites (tertiary alicyclic amines) is 1. The van der Waals surface area contributed by atoms with E-state index in [1.807, 2.05) is 19.0 Å². The molecule has 4 nitrogen and oxygen atoms in total. The SMILES string of the molecule is CCN1CCC(N(C)C(=O)CC2(NC)CCCCC2)CC1. The van der Waals surface area contributed by atoms with Gasteiger partial charge in [0.15, 0.2) is 0 Å². The summed E-state index contributed by atoms with van der Waals surface area (Å²) >= 11 is 0. The standard InChI is InChI=1S/C17H33N3O/c1-4-20-12-8-15(9-13-20)19(3)16(21)14-17(18-2)10-6-5-7-11-17/h15,18H,4-14H2,1-3H3. The third-order valence-corrected chi connectivity index (χ3v) is 5.78. The van der Waals surface area contributed by atoms with E-state index in [9.17, 15) is 4.79 Å². The lowest BCUT2D eigenvalue weighted by atomic mass is 9.79. The smallest absolute Gasteiger partial charge is 0.224 e. The average Bonchev–Trinajstić information content (AvgIpc) is 2.55. The van der Waals surface area contributed by atoms with Crippen LogP contribution in [0.5, 0.6) is 0 Å². The second kappa shape index (κ2) is 7.59. The minimum Gasteiger partial charge on any atom is -0.343 e. The van der Waals surface area contributed by atoms with Gasteiger partial charge in [-0.25, -0.2) is 0 Å². The normalized spacial score (nSPS) is 24.0. The maximum absolute atomic E-state index is 12.7. The summed E-state index contributed by atoms with van der Waals surface area (Å²) in [7, 11) is 4.04. The fourth-order valence-corrected chi connectivity index (χ4v) is 3.98. The van der Waals surface area contributed by atoms with Crippen LogP contribution in [-0.4, -0.2) is 61.0 Å². The Balaban J connectivity index is 1.87. The van der Waals surface area contributed by atoms with Crippen molar-refractivity contribution in [1.82, 2.24) is 15.1 Å². The van der Waals surface area contributed by atoms with Gasteiger partial charge < -0.3 is 15.1 Å².